The van der Waals surface area contributed by atoms with Crippen LogP contribution in [0.15, 0.2) is 65.3 Å². The third-order valence-electron chi connectivity index (χ3n) is 6.98. The van der Waals surface area contributed by atoms with Crippen molar-refractivity contribution < 1.29 is 0 Å². The van der Waals surface area contributed by atoms with Crippen molar-refractivity contribution in [3.05, 3.63) is 76.4 Å². The first-order valence-electron chi connectivity index (χ1n) is 12.7. The second-order valence-electron chi connectivity index (χ2n) is 9.68. The average Bonchev–Trinajstić information content (AvgIpc) is 3.77. The summed E-state index contributed by atoms with van der Waals surface area (Å²) in [4.78, 5) is 35.8. The van der Waals surface area contributed by atoms with Gasteiger partial charge < -0.3 is 10.2 Å². The molecule has 1 fully saturated rings. The summed E-state index contributed by atoms with van der Waals surface area (Å²) in [5.74, 6) is 1.61. The fourth-order valence-corrected chi connectivity index (χ4v) is 5.67. The molecule has 0 radical (unpaired) electrons. The van der Waals surface area contributed by atoms with Crippen LogP contribution in [0.25, 0.3) is 33.5 Å². The van der Waals surface area contributed by atoms with Crippen molar-refractivity contribution in [3.8, 4) is 22.5 Å². The zero-order valence-electron chi connectivity index (χ0n) is 21.7. The lowest BCUT2D eigenvalue weighted by atomic mass is 9.98. The van der Waals surface area contributed by atoms with Gasteiger partial charge in [0, 0.05) is 47.8 Å². The van der Waals surface area contributed by atoms with Crippen LogP contribution in [0, 0.1) is 0 Å². The number of fused-ring (bicyclic) bond motifs is 1. The molecule has 14 heteroatoms. The Hall–Kier alpha value is -4.82. The molecule has 1 N–H and O–H groups in total. The number of nitrogens with zero attached hydrogens (tertiary/aromatic N) is 11. The topological polar surface area (TPSA) is 137 Å². The minimum absolute atomic E-state index is 0.303. The summed E-state index contributed by atoms with van der Waals surface area (Å²) in [5.41, 5.74) is 2.64. The highest BCUT2D eigenvalue weighted by Gasteiger charge is 2.22. The van der Waals surface area contributed by atoms with E-state index >= 15 is 0 Å². The fraction of sp³-hybridized carbons (Fsp3) is 0.231. The molecule has 1 aliphatic rings. The third kappa shape index (κ3) is 4.32. The van der Waals surface area contributed by atoms with Gasteiger partial charge in [-0.15, -0.1) is 16.4 Å². The maximum atomic E-state index is 14.0. The second-order valence-corrected chi connectivity index (χ2v) is 10.6. The van der Waals surface area contributed by atoms with Gasteiger partial charge in [-0.3, -0.25) is 9.36 Å². The van der Waals surface area contributed by atoms with Gasteiger partial charge in [0.25, 0.3) is 11.5 Å². The molecule has 5 aromatic heterocycles. The average molecular weight is 553 g/mol. The number of thiazole rings is 1. The largest absolute Gasteiger partial charge is 0.324 e. The Bertz CT molecular complexity index is 1870. The molecule has 1 aliphatic heterocycles. The molecular formula is C26H24N12OS. The Morgan fingerprint density at radius 2 is 1.95 bits per heavy atom. The molecule has 0 amide bonds. The van der Waals surface area contributed by atoms with E-state index in [0.29, 0.717) is 45.4 Å². The molecule has 1 unspecified atom stereocenters. The van der Waals surface area contributed by atoms with Crippen LogP contribution >= 0.6 is 11.3 Å². The molecule has 7 rings (SSSR count). The van der Waals surface area contributed by atoms with Crippen molar-refractivity contribution in [2.75, 3.05) is 25.5 Å². The van der Waals surface area contributed by atoms with E-state index in [-0.39, 0.29) is 5.56 Å². The van der Waals surface area contributed by atoms with Crippen molar-refractivity contribution >= 4 is 34.0 Å². The van der Waals surface area contributed by atoms with Gasteiger partial charge in [0.1, 0.15) is 0 Å². The Morgan fingerprint density at radius 1 is 1.07 bits per heavy atom. The van der Waals surface area contributed by atoms with Gasteiger partial charge in [0.05, 0.1) is 12.6 Å². The highest BCUT2D eigenvalue weighted by Crippen LogP contribution is 2.28. The summed E-state index contributed by atoms with van der Waals surface area (Å²) in [5, 5.41) is 18.4. The number of hydrogen-bond donors (Lipinski definition) is 1. The number of rotatable bonds is 6. The van der Waals surface area contributed by atoms with Gasteiger partial charge in [-0.2, -0.15) is 9.78 Å². The van der Waals surface area contributed by atoms with Crippen molar-refractivity contribution in [2.24, 2.45) is 7.05 Å². The molecule has 40 heavy (non-hydrogen) atoms. The van der Waals surface area contributed by atoms with Crippen LogP contribution in [0.3, 0.4) is 0 Å². The van der Waals surface area contributed by atoms with E-state index < -0.39 is 0 Å². The smallest absolute Gasteiger partial charge is 0.275 e. The molecule has 1 atom stereocenters. The Balaban J connectivity index is 1.29. The van der Waals surface area contributed by atoms with Gasteiger partial charge in [-0.1, -0.05) is 17.2 Å². The van der Waals surface area contributed by atoms with Gasteiger partial charge in [0.2, 0.25) is 5.95 Å². The number of likely N-dealkylation sites (N-methyl/N-ethyl adjacent to an activating group) is 1. The van der Waals surface area contributed by atoms with Crippen molar-refractivity contribution in [2.45, 2.75) is 12.3 Å². The monoisotopic (exact) mass is 552 g/mol. The first-order valence-corrected chi connectivity index (χ1v) is 13.6. The number of likely N-dealkylation sites (tertiary alicyclic amines) is 1. The molecule has 6 aromatic rings. The lowest BCUT2D eigenvalue weighted by Crippen LogP contribution is -2.22. The van der Waals surface area contributed by atoms with Crippen LogP contribution in [0.4, 0.5) is 11.6 Å². The number of nitrogens with one attached hydrogen (secondary N) is 1. The highest BCUT2D eigenvalue weighted by atomic mass is 32.1. The normalized spacial score (nSPS) is 15.7. The fourth-order valence-electron chi connectivity index (χ4n) is 5.03. The van der Waals surface area contributed by atoms with Crippen molar-refractivity contribution in [1.82, 2.24) is 54.2 Å². The first kappa shape index (κ1) is 24.2. The molecule has 6 heterocycles. The zero-order valence-corrected chi connectivity index (χ0v) is 22.5. The van der Waals surface area contributed by atoms with Crippen LogP contribution in [0.1, 0.15) is 17.9 Å². The summed E-state index contributed by atoms with van der Waals surface area (Å²) >= 11 is 1.34. The van der Waals surface area contributed by atoms with Crippen LogP contribution in [0.2, 0.25) is 0 Å². The highest BCUT2D eigenvalue weighted by molar-refractivity contribution is 7.12. The van der Waals surface area contributed by atoms with Gasteiger partial charge in [-0.25, -0.2) is 19.5 Å². The van der Waals surface area contributed by atoms with E-state index in [1.165, 1.54) is 32.7 Å². The zero-order chi connectivity index (χ0) is 27.2. The number of benzene rings is 1. The van der Waals surface area contributed by atoms with E-state index in [9.17, 15) is 4.79 Å². The Labute approximate surface area is 231 Å². The molecule has 1 aromatic carbocycles. The summed E-state index contributed by atoms with van der Waals surface area (Å²) in [6.45, 7) is 2.20. The quantitative estimate of drug-likeness (QED) is 0.328. The number of anilines is 2. The lowest BCUT2D eigenvalue weighted by molar-refractivity contribution is 0.411. The van der Waals surface area contributed by atoms with Crippen LogP contribution in [-0.2, 0) is 7.05 Å². The molecular weight excluding hydrogens is 528 g/mol. The number of hydrogen-bond acceptors (Lipinski definition) is 11. The summed E-state index contributed by atoms with van der Waals surface area (Å²) in [7, 11) is 3.83. The molecule has 0 bridgehead atoms. The number of aryl methyl sites for hydroxylation is 1. The molecule has 0 aliphatic carbocycles. The van der Waals surface area contributed by atoms with E-state index in [2.05, 4.69) is 59.8 Å². The molecule has 13 nitrogen and oxygen atoms in total. The molecule has 0 saturated carbocycles. The maximum Gasteiger partial charge on any atom is 0.275 e. The predicted molar refractivity (Wildman–Crippen MR) is 150 cm³/mol. The van der Waals surface area contributed by atoms with E-state index in [1.807, 2.05) is 17.5 Å². The number of aromatic nitrogens is 10. The van der Waals surface area contributed by atoms with Gasteiger partial charge >= 0.3 is 0 Å². The molecule has 0 spiro atoms. The minimum atomic E-state index is -0.325. The maximum absolute atomic E-state index is 14.0. The second kappa shape index (κ2) is 9.73. The van der Waals surface area contributed by atoms with Gasteiger partial charge in [0.15, 0.2) is 16.6 Å². The SMILES string of the molecule is CN1CCC(c2ccc(Nc3ncc4cc(-c5nccn5-c5nnn(C)n5)c(=O)n(-c5nccs5)c4n3)cc2)C1. The lowest BCUT2D eigenvalue weighted by Gasteiger charge is -2.13. The summed E-state index contributed by atoms with van der Waals surface area (Å²) in [6, 6.07) is 10.1. The number of tetrazole rings is 1. The van der Waals surface area contributed by atoms with Crippen molar-refractivity contribution in [3.63, 3.8) is 0 Å². The standard InChI is InChI=1S/C26H24N12OS/c1-35-10-7-17(15-35)16-3-5-19(6-4-16)30-24-29-14-18-13-20(22-27-8-11-37(22)25-32-34-36(2)33-25)23(39)38(21(18)31-24)26-28-9-12-40-26/h3-6,8-9,11-14,17H,7,10,15H2,1-2H3,(H,29,30,31). The summed E-state index contributed by atoms with van der Waals surface area (Å²) in [6.07, 6.45) is 7.78. The molecule has 1 saturated heterocycles. The predicted octanol–water partition coefficient (Wildman–Crippen LogP) is 2.78. The Morgan fingerprint density at radius 3 is 2.67 bits per heavy atom. The minimum Gasteiger partial charge on any atom is -0.324 e. The van der Waals surface area contributed by atoms with E-state index in [0.717, 1.165) is 18.8 Å². The van der Waals surface area contributed by atoms with Crippen LogP contribution in [-0.4, -0.2) is 74.3 Å². The van der Waals surface area contributed by atoms with Gasteiger partial charge in [-0.05, 0) is 54.9 Å². The van der Waals surface area contributed by atoms with Crippen molar-refractivity contribution in [1.29, 1.82) is 0 Å². The molecule has 200 valence electrons. The van der Waals surface area contributed by atoms with Crippen LogP contribution in [0.5, 0.6) is 0 Å². The van der Waals surface area contributed by atoms with E-state index in [4.69, 9.17) is 4.98 Å². The summed E-state index contributed by atoms with van der Waals surface area (Å²) < 4.78 is 3.11. The van der Waals surface area contributed by atoms with E-state index in [1.54, 1.807) is 42.5 Å². The number of imidazole rings is 1. The first-order chi connectivity index (χ1) is 19.5. The third-order valence-corrected chi connectivity index (χ3v) is 7.73. The van der Waals surface area contributed by atoms with Crippen LogP contribution < -0.4 is 10.9 Å². The number of pyridine rings is 1. The Kier molecular flexibility index (Phi) is 5.90.